The van der Waals surface area contributed by atoms with Gasteiger partial charge in [-0.1, -0.05) is 19.9 Å². The Kier molecular flexibility index (Phi) is 7.56. The van der Waals surface area contributed by atoms with Crippen LogP contribution >= 0.6 is 0 Å². The first-order chi connectivity index (χ1) is 19.8. The van der Waals surface area contributed by atoms with Gasteiger partial charge in [-0.05, 0) is 48.7 Å². The molecule has 3 aromatic carbocycles. The van der Waals surface area contributed by atoms with Crippen LogP contribution in [0.15, 0.2) is 59.7 Å². The first kappa shape index (κ1) is 27.6. The van der Waals surface area contributed by atoms with Gasteiger partial charge in [0.2, 0.25) is 11.3 Å². The van der Waals surface area contributed by atoms with Gasteiger partial charge in [-0.3, -0.25) is 9.59 Å². The molecular formula is C31H29FN4O5. The molecule has 0 unspecified atom stereocenters. The topological polar surface area (TPSA) is 105 Å². The number of benzene rings is 3. The van der Waals surface area contributed by atoms with Gasteiger partial charge in [-0.2, -0.15) is 0 Å². The summed E-state index contributed by atoms with van der Waals surface area (Å²) in [6.45, 7) is 3.88. The fourth-order valence-corrected chi connectivity index (χ4v) is 4.90. The number of halogens is 1. The molecule has 5 aromatic rings. The van der Waals surface area contributed by atoms with E-state index in [1.807, 2.05) is 43.7 Å². The highest BCUT2D eigenvalue weighted by molar-refractivity contribution is 6.07. The first-order valence-corrected chi connectivity index (χ1v) is 13.1. The number of aromatic nitrogens is 3. The number of rotatable bonds is 8. The van der Waals surface area contributed by atoms with Crippen molar-refractivity contribution in [3.8, 4) is 23.1 Å². The summed E-state index contributed by atoms with van der Waals surface area (Å²) in [5.41, 5.74) is 2.71. The van der Waals surface area contributed by atoms with Crippen molar-refractivity contribution in [3.05, 3.63) is 87.7 Å². The van der Waals surface area contributed by atoms with Crippen LogP contribution in [0, 0.1) is 5.82 Å². The molecule has 0 saturated carbocycles. The van der Waals surface area contributed by atoms with Gasteiger partial charge in [0, 0.05) is 35.9 Å². The molecule has 0 aliphatic rings. The maximum absolute atomic E-state index is 15.2. The lowest BCUT2D eigenvalue weighted by Gasteiger charge is -2.17. The van der Waals surface area contributed by atoms with E-state index >= 15 is 4.39 Å². The zero-order chi connectivity index (χ0) is 29.3. The lowest BCUT2D eigenvalue weighted by atomic mass is 10.0. The van der Waals surface area contributed by atoms with E-state index < -0.39 is 11.7 Å². The number of hydrogen-bond donors (Lipinski definition) is 1. The van der Waals surface area contributed by atoms with Crippen LogP contribution in [0.1, 0.15) is 35.5 Å². The Morgan fingerprint density at radius 2 is 1.68 bits per heavy atom. The lowest BCUT2D eigenvalue weighted by Crippen LogP contribution is -2.27. The van der Waals surface area contributed by atoms with Crippen LogP contribution in [0.2, 0.25) is 0 Å². The fourth-order valence-electron chi connectivity index (χ4n) is 4.90. The number of amides is 1. The van der Waals surface area contributed by atoms with Crippen molar-refractivity contribution in [2.24, 2.45) is 7.05 Å². The highest BCUT2D eigenvalue weighted by Crippen LogP contribution is 2.36. The van der Waals surface area contributed by atoms with Crippen molar-refractivity contribution >= 4 is 33.4 Å². The number of carbonyl (C=O) groups is 1. The number of hydrogen-bond acceptors (Lipinski definition) is 7. The smallest absolute Gasteiger partial charge is 0.261 e. The average molecular weight is 557 g/mol. The van der Waals surface area contributed by atoms with Gasteiger partial charge in [-0.25, -0.2) is 14.4 Å². The SMILES string of the molecule is CCc1ccc2c(c1)c(=O)c(C(=O)Nc1ccc(Oc3ncnc4cc(OC)c(OC)cc34)c(F)c1)c(CC)n2C. The molecule has 0 atom stereocenters. The van der Waals surface area contributed by atoms with Gasteiger partial charge in [-0.15, -0.1) is 0 Å². The molecule has 0 bridgehead atoms. The average Bonchev–Trinajstić information content (AvgIpc) is 2.99. The predicted octanol–water partition coefficient (Wildman–Crippen LogP) is 5.81. The van der Waals surface area contributed by atoms with Gasteiger partial charge in [0.05, 0.1) is 30.6 Å². The first-order valence-electron chi connectivity index (χ1n) is 13.1. The summed E-state index contributed by atoms with van der Waals surface area (Å²) >= 11 is 0. The molecule has 0 saturated heterocycles. The van der Waals surface area contributed by atoms with Crippen LogP contribution in [0.5, 0.6) is 23.1 Å². The highest BCUT2D eigenvalue weighted by Gasteiger charge is 2.21. The number of aryl methyl sites for hydroxylation is 2. The standard InChI is InChI=1S/C31H29FN4O5/c1-6-17-8-10-24-20(12-17)29(37)28(23(7-2)36(24)3)30(38)35-18-9-11-25(21(32)13-18)41-31-19-14-26(39-4)27(40-5)15-22(19)33-16-34-31/h8-16H,6-7H2,1-5H3,(H,35,38). The third-order valence-corrected chi connectivity index (χ3v) is 7.06. The number of nitrogens with one attached hydrogen (secondary N) is 1. The molecule has 2 aromatic heterocycles. The Hall–Kier alpha value is -4.99. The minimum atomic E-state index is -0.732. The summed E-state index contributed by atoms with van der Waals surface area (Å²) in [7, 11) is 4.85. The van der Waals surface area contributed by atoms with Crippen molar-refractivity contribution in [1.29, 1.82) is 0 Å². The van der Waals surface area contributed by atoms with E-state index in [1.165, 1.54) is 32.7 Å². The molecule has 210 valence electrons. The van der Waals surface area contributed by atoms with E-state index in [4.69, 9.17) is 14.2 Å². The second-order valence-corrected chi connectivity index (χ2v) is 9.37. The number of anilines is 1. The maximum atomic E-state index is 15.2. The lowest BCUT2D eigenvalue weighted by molar-refractivity contribution is 0.102. The molecule has 1 N–H and O–H groups in total. The minimum absolute atomic E-state index is 0.0355. The maximum Gasteiger partial charge on any atom is 0.261 e. The van der Waals surface area contributed by atoms with E-state index in [0.717, 1.165) is 23.6 Å². The summed E-state index contributed by atoms with van der Waals surface area (Å²) in [6, 6.07) is 13.0. The molecule has 41 heavy (non-hydrogen) atoms. The summed E-state index contributed by atoms with van der Waals surface area (Å²) in [5.74, 6) is -0.414. The zero-order valence-electron chi connectivity index (χ0n) is 23.4. The summed E-state index contributed by atoms with van der Waals surface area (Å²) in [5, 5.41) is 3.64. The number of carbonyl (C=O) groups excluding carboxylic acids is 1. The highest BCUT2D eigenvalue weighted by atomic mass is 19.1. The summed E-state index contributed by atoms with van der Waals surface area (Å²) in [6.07, 6.45) is 2.52. The number of fused-ring (bicyclic) bond motifs is 2. The van der Waals surface area contributed by atoms with Gasteiger partial charge in [0.1, 0.15) is 11.9 Å². The van der Waals surface area contributed by atoms with E-state index in [9.17, 15) is 9.59 Å². The second-order valence-electron chi connectivity index (χ2n) is 9.37. The third-order valence-electron chi connectivity index (χ3n) is 7.06. The molecule has 5 rings (SSSR count). The predicted molar refractivity (Wildman–Crippen MR) is 155 cm³/mol. The van der Waals surface area contributed by atoms with Crippen LogP contribution in [0.3, 0.4) is 0 Å². The molecule has 0 aliphatic heterocycles. The van der Waals surface area contributed by atoms with Gasteiger partial charge < -0.3 is 24.1 Å². The summed E-state index contributed by atoms with van der Waals surface area (Å²) in [4.78, 5) is 35.3. The van der Waals surface area contributed by atoms with Crippen LogP contribution < -0.4 is 25.0 Å². The molecular weight excluding hydrogens is 527 g/mol. The van der Waals surface area contributed by atoms with Crippen LogP contribution in [0.25, 0.3) is 21.8 Å². The van der Waals surface area contributed by atoms with Crippen molar-refractivity contribution in [3.63, 3.8) is 0 Å². The number of methoxy groups -OCH3 is 2. The van der Waals surface area contributed by atoms with Crippen molar-refractivity contribution in [2.45, 2.75) is 26.7 Å². The Morgan fingerprint density at radius 1 is 0.927 bits per heavy atom. The third kappa shape index (κ3) is 5.04. The van der Waals surface area contributed by atoms with Crippen molar-refractivity contribution < 1.29 is 23.4 Å². The minimum Gasteiger partial charge on any atom is -0.493 e. The Morgan fingerprint density at radius 3 is 2.37 bits per heavy atom. The molecule has 0 aliphatic carbocycles. The van der Waals surface area contributed by atoms with Crippen LogP contribution in [0.4, 0.5) is 10.1 Å². The molecule has 0 radical (unpaired) electrons. The zero-order valence-corrected chi connectivity index (χ0v) is 23.4. The number of pyridine rings is 1. The molecule has 0 spiro atoms. The monoisotopic (exact) mass is 556 g/mol. The Bertz CT molecular complexity index is 1870. The fraction of sp³-hybridized carbons (Fsp3) is 0.226. The summed E-state index contributed by atoms with van der Waals surface area (Å²) < 4.78 is 33.5. The number of ether oxygens (including phenoxy) is 3. The van der Waals surface area contributed by atoms with E-state index in [1.54, 1.807) is 12.1 Å². The van der Waals surface area contributed by atoms with Crippen LogP contribution in [-0.4, -0.2) is 34.7 Å². The van der Waals surface area contributed by atoms with E-state index in [-0.39, 0.29) is 28.3 Å². The van der Waals surface area contributed by atoms with Gasteiger partial charge in [0.25, 0.3) is 5.91 Å². The normalized spacial score (nSPS) is 11.1. The van der Waals surface area contributed by atoms with Crippen molar-refractivity contribution in [1.82, 2.24) is 14.5 Å². The van der Waals surface area contributed by atoms with Crippen molar-refractivity contribution in [2.75, 3.05) is 19.5 Å². The van der Waals surface area contributed by atoms with Gasteiger partial charge >= 0.3 is 0 Å². The molecule has 9 nitrogen and oxygen atoms in total. The van der Waals surface area contributed by atoms with Crippen LogP contribution in [-0.2, 0) is 19.9 Å². The Balaban J connectivity index is 1.46. The second kappa shape index (κ2) is 11.2. The largest absolute Gasteiger partial charge is 0.493 e. The van der Waals surface area contributed by atoms with Gasteiger partial charge in [0.15, 0.2) is 23.1 Å². The molecule has 2 heterocycles. The molecule has 0 fully saturated rings. The quantitative estimate of drug-likeness (QED) is 0.257. The Labute approximate surface area is 235 Å². The van der Waals surface area contributed by atoms with E-state index in [0.29, 0.717) is 39.9 Å². The van der Waals surface area contributed by atoms with E-state index in [2.05, 4.69) is 15.3 Å². The molecule has 1 amide bonds. The molecule has 10 heteroatoms. The number of nitrogens with zero attached hydrogens (tertiary/aromatic N) is 3.